The first-order valence-corrected chi connectivity index (χ1v) is 14.1. The smallest absolute Gasteiger partial charge is 0.301 e. The zero-order chi connectivity index (χ0) is 27.7. The minimum atomic E-state index is -0.854. The molecule has 1 aliphatic heterocycles. The summed E-state index contributed by atoms with van der Waals surface area (Å²) in [6, 6.07) is 17.9. The van der Waals surface area contributed by atoms with Crippen molar-refractivity contribution in [1.82, 2.24) is 4.98 Å². The minimum Gasteiger partial charge on any atom is -0.507 e. The van der Waals surface area contributed by atoms with Crippen molar-refractivity contribution in [2.45, 2.75) is 53.0 Å². The molecule has 5 rings (SSSR count). The first-order valence-electron chi connectivity index (χ1n) is 13.3. The number of unbranched alkanes of at least 4 members (excludes halogenated alkanes) is 2. The summed E-state index contributed by atoms with van der Waals surface area (Å²) in [5, 5.41) is 11.8. The van der Waals surface area contributed by atoms with Gasteiger partial charge in [0.2, 0.25) is 0 Å². The van der Waals surface area contributed by atoms with Crippen LogP contribution in [-0.4, -0.2) is 28.4 Å². The Morgan fingerprint density at radius 1 is 1.00 bits per heavy atom. The quantitative estimate of drug-likeness (QED) is 0.109. The van der Waals surface area contributed by atoms with Crippen molar-refractivity contribution in [3.63, 3.8) is 0 Å². The molecule has 4 aromatic rings. The molecular weight excluding hydrogens is 508 g/mol. The molecule has 1 amide bonds. The van der Waals surface area contributed by atoms with Crippen molar-refractivity contribution in [3.05, 3.63) is 94.1 Å². The Morgan fingerprint density at radius 2 is 1.77 bits per heavy atom. The maximum absolute atomic E-state index is 13.6. The average molecular weight is 541 g/mol. The van der Waals surface area contributed by atoms with Gasteiger partial charge < -0.3 is 9.84 Å². The van der Waals surface area contributed by atoms with Crippen LogP contribution in [0.15, 0.2) is 66.2 Å². The molecule has 1 fully saturated rings. The highest BCUT2D eigenvalue weighted by atomic mass is 32.1. The topological polar surface area (TPSA) is 79.7 Å². The number of aryl methyl sites for hydroxylation is 3. The van der Waals surface area contributed by atoms with Gasteiger partial charge >= 0.3 is 5.91 Å². The summed E-state index contributed by atoms with van der Waals surface area (Å²) in [7, 11) is 0. The van der Waals surface area contributed by atoms with E-state index in [4.69, 9.17) is 9.72 Å². The van der Waals surface area contributed by atoms with Gasteiger partial charge in [-0.05, 0) is 62.1 Å². The third-order valence-electron chi connectivity index (χ3n) is 6.98. The molecule has 200 valence electrons. The van der Waals surface area contributed by atoms with E-state index in [2.05, 4.69) is 6.92 Å². The number of anilines is 1. The zero-order valence-corrected chi connectivity index (χ0v) is 23.5. The van der Waals surface area contributed by atoms with E-state index in [1.54, 1.807) is 12.1 Å². The normalized spacial score (nSPS) is 16.8. The van der Waals surface area contributed by atoms with Crippen molar-refractivity contribution in [3.8, 4) is 5.75 Å². The van der Waals surface area contributed by atoms with Gasteiger partial charge in [-0.15, -0.1) is 0 Å². The van der Waals surface area contributed by atoms with Crippen LogP contribution >= 0.6 is 11.3 Å². The number of aliphatic hydroxyl groups excluding tert-OH is 1. The van der Waals surface area contributed by atoms with Crippen LogP contribution in [0.25, 0.3) is 16.0 Å². The van der Waals surface area contributed by atoms with Crippen molar-refractivity contribution in [2.75, 3.05) is 11.5 Å². The predicted octanol–water partition coefficient (Wildman–Crippen LogP) is 7.42. The summed E-state index contributed by atoms with van der Waals surface area (Å²) in [6.45, 7) is 8.68. The Bertz CT molecular complexity index is 1590. The number of nitrogens with zero attached hydrogens (tertiary/aromatic N) is 2. The second kappa shape index (κ2) is 11.0. The number of thiazole rings is 1. The van der Waals surface area contributed by atoms with Gasteiger partial charge in [-0.1, -0.05) is 79.1 Å². The molecule has 0 saturated carbocycles. The number of ether oxygens (including phenoxy) is 1. The largest absolute Gasteiger partial charge is 0.507 e. The van der Waals surface area contributed by atoms with E-state index < -0.39 is 17.7 Å². The number of aliphatic hydroxyl groups is 1. The van der Waals surface area contributed by atoms with Crippen LogP contribution in [0.1, 0.15) is 60.0 Å². The lowest BCUT2D eigenvalue weighted by Gasteiger charge is -2.23. The highest BCUT2D eigenvalue weighted by molar-refractivity contribution is 7.22. The number of carbonyl (C=O) groups excluding carboxylic acids is 2. The highest BCUT2D eigenvalue weighted by Crippen LogP contribution is 2.45. The molecule has 1 N–H and O–H groups in total. The molecule has 3 aromatic carbocycles. The monoisotopic (exact) mass is 540 g/mol. The third-order valence-corrected chi connectivity index (χ3v) is 7.99. The number of rotatable bonds is 8. The van der Waals surface area contributed by atoms with Crippen LogP contribution in [0.5, 0.6) is 5.75 Å². The minimum absolute atomic E-state index is 0.0409. The van der Waals surface area contributed by atoms with Crippen molar-refractivity contribution in [1.29, 1.82) is 0 Å². The standard InChI is InChI=1S/C32H32N2O4S/c1-5-6-7-15-38-24-10-8-9-23(18-24)28-26(29(35)22-13-11-19(2)12-14-22)30(36)31(37)34(28)32-33-27-21(4)16-20(3)17-25(27)39-32/h8-14,16-18,28,35H,5-7,15H2,1-4H3/b29-26+. The summed E-state index contributed by atoms with van der Waals surface area (Å²) in [5.74, 6) is -1.00. The van der Waals surface area contributed by atoms with E-state index in [1.165, 1.54) is 16.2 Å². The summed E-state index contributed by atoms with van der Waals surface area (Å²) >= 11 is 1.37. The van der Waals surface area contributed by atoms with E-state index in [0.29, 0.717) is 28.6 Å². The molecule has 1 unspecified atom stereocenters. The second-order valence-corrected chi connectivity index (χ2v) is 11.1. The van der Waals surface area contributed by atoms with Gasteiger partial charge in [0.05, 0.1) is 28.4 Å². The Labute approximate surface area is 232 Å². The van der Waals surface area contributed by atoms with Crippen LogP contribution in [-0.2, 0) is 9.59 Å². The van der Waals surface area contributed by atoms with Crippen LogP contribution in [0.3, 0.4) is 0 Å². The molecule has 1 saturated heterocycles. The molecule has 0 aliphatic carbocycles. The number of amides is 1. The van der Waals surface area contributed by atoms with Crippen molar-refractivity contribution in [2.24, 2.45) is 0 Å². The number of benzene rings is 3. The fourth-order valence-electron chi connectivity index (χ4n) is 4.99. The van der Waals surface area contributed by atoms with Gasteiger partial charge in [-0.25, -0.2) is 4.98 Å². The van der Waals surface area contributed by atoms with Crippen LogP contribution in [0, 0.1) is 20.8 Å². The third kappa shape index (κ3) is 5.19. The maximum atomic E-state index is 13.6. The Hall–Kier alpha value is -3.97. The Kier molecular flexibility index (Phi) is 7.53. The number of hydrogen-bond acceptors (Lipinski definition) is 6. The molecule has 7 heteroatoms. The summed E-state index contributed by atoms with van der Waals surface area (Å²) in [6.07, 6.45) is 3.11. The lowest BCUT2D eigenvalue weighted by molar-refractivity contribution is -0.132. The van der Waals surface area contributed by atoms with Crippen molar-refractivity contribution >= 4 is 44.1 Å². The van der Waals surface area contributed by atoms with Gasteiger partial charge in [0, 0.05) is 5.56 Å². The number of hydrogen-bond donors (Lipinski definition) is 1. The van der Waals surface area contributed by atoms with E-state index in [9.17, 15) is 14.7 Å². The Balaban J connectivity index is 1.66. The first-order chi connectivity index (χ1) is 18.8. The predicted molar refractivity (Wildman–Crippen MR) is 157 cm³/mol. The molecule has 0 spiro atoms. The van der Waals surface area contributed by atoms with Gasteiger partial charge in [0.15, 0.2) is 5.13 Å². The van der Waals surface area contributed by atoms with E-state index in [1.807, 2.05) is 69.3 Å². The number of fused-ring (bicyclic) bond motifs is 1. The van der Waals surface area contributed by atoms with E-state index >= 15 is 0 Å². The fraction of sp³-hybridized carbons (Fsp3) is 0.281. The van der Waals surface area contributed by atoms with Crippen molar-refractivity contribution < 1.29 is 19.4 Å². The fourth-order valence-corrected chi connectivity index (χ4v) is 6.16. The van der Waals surface area contributed by atoms with Gasteiger partial charge in [-0.2, -0.15) is 0 Å². The number of ketones is 1. The zero-order valence-electron chi connectivity index (χ0n) is 22.7. The number of carbonyl (C=O) groups is 2. The van der Waals surface area contributed by atoms with Crippen LogP contribution in [0.2, 0.25) is 0 Å². The SMILES string of the molecule is CCCCCOc1cccc(C2/C(=C(\O)c3ccc(C)cc3)C(=O)C(=O)N2c2nc3c(C)cc(C)cc3s2)c1. The molecule has 1 atom stereocenters. The summed E-state index contributed by atoms with van der Waals surface area (Å²) < 4.78 is 6.93. The molecule has 39 heavy (non-hydrogen) atoms. The number of aromatic nitrogens is 1. The molecule has 2 heterocycles. The highest BCUT2D eigenvalue weighted by Gasteiger charge is 2.48. The summed E-state index contributed by atoms with van der Waals surface area (Å²) in [4.78, 5) is 33.4. The lowest BCUT2D eigenvalue weighted by Crippen LogP contribution is -2.29. The van der Waals surface area contributed by atoms with Gasteiger partial charge in [0.25, 0.3) is 5.78 Å². The van der Waals surface area contributed by atoms with Gasteiger partial charge in [-0.3, -0.25) is 14.5 Å². The lowest BCUT2D eigenvalue weighted by atomic mass is 9.95. The molecule has 0 bridgehead atoms. The molecule has 6 nitrogen and oxygen atoms in total. The van der Waals surface area contributed by atoms with E-state index in [-0.39, 0.29) is 11.3 Å². The molecule has 0 radical (unpaired) electrons. The molecule has 1 aromatic heterocycles. The molecule has 1 aliphatic rings. The van der Waals surface area contributed by atoms with Crippen LogP contribution in [0.4, 0.5) is 5.13 Å². The first kappa shape index (κ1) is 26.6. The van der Waals surface area contributed by atoms with Crippen LogP contribution < -0.4 is 9.64 Å². The van der Waals surface area contributed by atoms with Gasteiger partial charge in [0.1, 0.15) is 11.5 Å². The summed E-state index contributed by atoms with van der Waals surface area (Å²) in [5.41, 5.74) is 5.11. The number of Topliss-reactive ketones (excluding diaryl/α,β-unsaturated/α-hetero) is 1. The second-order valence-electron chi connectivity index (χ2n) is 10.1. The Morgan fingerprint density at radius 3 is 2.51 bits per heavy atom. The van der Waals surface area contributed by atoms with E-state index in [0.717, 1.165) is 46.2 Å². The average Bonchev–Trinajstić information content (AvgIpc) is 3.45. The maximum Gasteiger partial charge on any atom is 0.301 e. The molecular formula is C32H32N2O4S.